The Morgan fingerprint density at radius 3 is 2.16 bits per heavy atom. The average Bonchev–Trinajstić information content (AvgIpc) is 2.15. The van der Waals surface area contributed by atoms with Gasteiger partial charge in [-0.15, -0.1) is 0 Å². The summed E-state index contributed by atoms with van der Waals surface area (Å²) in [7, 11) is -4.43. The molecule has 10 N–H and O–H groups in total. The third kappa shape index (κ3) is 4.90. The summed E-state index contributed by atoms with van der Waals surface area (Å²) in [5.41, 5.74) is 6.09. The van der Waals surface area contributed by atoms with E-state index in [1.165, 1.54) is 18.2 Å². The Bertz CT molecular complexity index is 631. The number of hydrogen-bond donors (Lipinski definition) is 1. The molecular formula is C10H16AgNO6S+2. The topological polar surface area (TPSA) is 181 Å². The van der Waals surface area contributed by atoms with Gasteiger partial charge in [0.05, 0.1) is 4.90 Å². The zero-order chi connectivity index (χ0) is 11.1. The number of nitrogens with two attached hydrogens (primary N) is 1. The van der Waals surface area contributed by atoms with E-state index < -0.39 is 10.1 Å². The van der Waals surface area contributed by atoms with Crippen LogP contribution in [0, 0.1) is 0 Å². The molecule has 19 heavy (non-hydrogen) atoms. The van der Waals surface area contributed by atoms with Gasteiger partial charge in [0.25, 0.3) is 0 Å². The van der Waals surface area contributed by atoms with Gasteiger partial charge in [0.2, 0.25) is 0 Å². The van der Waals surface area contributed by atoms with Crippen LogP contribution >= 0.6 is 0 Å². The second-order valence-corrected chi connectivity index (χ2v) is 4.54. The molecule has 0 saturated heterocycles. The van der Waals surface area contributed by atoms with Crippen LogP contribution in [0.3, 0.4) is 0 Å². The van der Waals surface area contributed by atoms with E-state index in [1.54, 1.807) is 18.2 Å². The van der Waals surface area contributed by atoms with Crippen molar-refractivity contribution in [3.05, 3.63) is 36.4 Å². The van der Waals surface area contributed by atoms with Crippen molar-refractivity contribution in [1.29, 1.82) is 0 Å². The van der Waals surface area contributed by atoms with E-state index >= 15 is 0 Å². The monoisotopic (exact) mass is 385 g/mol. The first kappa shape index (κ1) is 23.1. The van der Waals surface area contributed by atoms with Crippen LogP contribution in [0.2, 0.25) is 0 Å². The van der Waals surface area contributed by atoms with E-state index in [9.17, 15) is 13.0 Å². The summed E-state index contributed by atoms with van der Waals surface area (Å²) >= 11 is 0. The van der Waals surface area contributed by atoms with E-state index in [-0.39, 0.29) is 43.7 Å². The van der Waals surface area contributed by atoms with Gasteiger partial charge in [-0.25, -0.2) is 8.42 Å². The standard InChI is InChI=1S/C10H9NO3S.Ag.3H2O/c11-8-4-5-9-7(6-8)2-1-3-10(9)15(12,13)14;;;;/h1-6H,11H2,(H,12,13,14);;3*1H2/q;+1;;;/p+1. The summed E-state index contributed by atoms with van der Waals surface area (Å²) in [5, 5.41) is 1.05. The molecule has 0 aromatic heterocycles. The average molecular weight is 386 g/mol. The molecule has 0 aliphatic carbocycles. The Balaban J connectivity index is -0.000000640. The number of fused-ring (bicyclic) bond motifs is 1. The van der Waals surface area contributed by atoms with Crippen molar-refractivity contribution in [2.75, 3.05) is 5.73 Å². The van der Waals surface area contributed by atoms with Gasteiger partial charge in [0.15, 0.2) is 0 Å². The molecule has 0 spiro atoms. The number of anilines is 1. The number of hydrogen-bond acceptors (Lipinski definition) is 4. The van der Waals surface area contributed by atoms with Gasteiger partial charge < -0.3 is 26.7 Å². The largest absolute Gasteiger partial charge is 1.00 e. The zero-order valence-electron chi connectivity index (χ0n) is 9.63. The van der Waals surface area contributed by atoms with Gasteiger partial charge in [-0.2, -0.15) is 0 Å². The molecule has 0 aliphatic rings. The quantitative estimate of drug-likeness (QED) is 0.276. The van der Waals surface area contributed by atoms with E-state index in [4.69, 9.17) is 5.73 Å². The first-order valence-electron chi connectivity index (χ1n) is 4.22. The maximum atomic E-state index is 10.9. The van der Waals surface area contributed by atoms with E-state index in [2.05, 4.69) is 0 Å². The molecule has 0 atom stereocenters. The Kier molecular flexibility index (Phi) is 10.1. The first-order chi connectivity index (χ1) is 6.98. The first-order valence-corrected chi connectivity index (χ1v) is 5.63. The summed E-state index contributed by atoms with van der Waals surface area (Å²) in [6, 6.07) is 9.25. The molecule has 0 aliphatic heterocycles. The van der Waals surface area contributed by atoms with Gasteiger partial charge in [0.1, 0.15) is 10.1 Å². The fraction of sp³-hybridized carbons (Fsp3) is 0. The van der Waals surface area contributed by atoms with Crippen LogP contribution in [-0.2, 0) is 43.5 Å². The molecule has 2 rings (SSSR count). The molecule has 9 heteroatoms. The molecule has 0 radical (unpaired) electrons. The summed E-state index contributed by atoms with van der Waals surface area (Å²) in [4.78, 5) is -0.208. The van der Waals surface area contributed by atoms with Crippen molar-refractivity contribution in [3.8, 4) is 0 Å². The Morgan fingerprint density at radius 1 is 1.05 bits per heavy atom. The second kappa shape index (κ2) is 8.25. The number of rotatable bonds is 1. The van der Waals surface area contributed by atoms with Crippen LogP contribution in [0.4, 0.5) is 5.69 Å². The molecule has 0 fully saturated rings. The minimum atomic E-state index is -4.43. The van der Waals surface area contributed by atoms with Crippen molar-refractivity contribution >= 4 is 26.6 Å². The maximum Gasteiger partial charge on any atom is 1.00 e. The fourth-order valence-corrected chi connectivity index (χ4v) is 2.19. The predicted octanol–water partition coefficient (Wildman–Crippen LogP) is -1.34. The van der Waals surface area contributed by atoms with Crippen LogP contribution < -0.4 is 5.73 Å². The van der Waals surface area contributed by atoms with Crippen molar-refractivity contribution in [3.63, 3.8) is 0 Å². The van der Waals surface area contributed by atoms with Crippen LogP contribution in [0.5, 0.6) is 0 Å². The molecule has 2 aromatic carbocycles. The molecular weight excluding hydrogens is 370 g/mol. The Morgan fingerprint density at radius 2 is 1.63 bits per heavy atom. The zero-order valence-corrected chi connectivity index (χ0v) is 11.9. The normalized spacial score (nSPS) is 9.32. The number of nitrogen functional groups attached to an aromatic ring is 1. The summed E-state index contributed by atoms with van der Waals surface area (Å²) < 4.78 is 32.8. The van der Waals surface area contributed by atoms with Crippen LogP contribution in [-0.4, -0.2) is 18.4 Å². The number of benzene rings is 2. The Hall–Kier alpha value is -0.970. The van der Waals surface area contributed by atoms with Gasteiger partial charge in [0, 0.05) is 5.69 Å². The minimum absolute atomic E-state index is 0. The Labute approximate surface area is 125 Å². The van der Waals surface area contributed by atoms with Crippen LogP contribution in [0.15, 0.2) is 41.3 Å². The van der Waals surface area contributed by atoms with E-state index in [0.717, 1.165) is 0 Å². The molecule has 112 valence electrons. The molecule has 0 amide bonds. The molecule has 0 heterocycles. The summed E-state index contributed by atoms with van der Waals surface area (Å²) in [6.07, 6.45) is 0. The van der Waals surface area contributed by atoms with Crippen LogP contribution in [0.1, 0.15) is 0 Å². The SMILES string of the molecule is Nc1ccc2c(S(=O)(=O)[O-])cccc2c1.O.[Ag+].[OH3+].[OH3+]. The van der Waals surface area contributed by atoms with Gasteiger partial charge in [-0.05, 0) is 29.0 Å². The molecule has 0 unspecified atom stereocenters. The predicted molar refractivity (Wildman–Crippen MR) is 69.7 cm³/mol. The minimum Gasteiger partial charge on any atom is -0.744 e. The van der Waals surface area contributed by atoms with Gasteiger partial charge in [-0.3, -0.25) is 0 Å². The molecule has 2 aromatic rings. The van der Waals surface area contributed by atoms with E-state index in [0.29, 0.717) is 16.5 Å². The summed E-state index contributed by atoms with van der Waals surface area (Å²) in [6.45, 7) is 0. The van der Waals surface area contributed by atoms with Gasteiger partial charge >= 0.3 is 22.4 Å². The smallest absolute Gasteiger partial charge is 0.744 e. The van der Waals surface area contributed by atoms with Crippen molar-refractivity contribution in [1.82, 2.24) is 0 Å². The van der Waals surface area contributed by atoms with Crippen molar-refractivity contribution in [2.24, 2.45) is 0 Å². The molecule has 7 nitrogen and oxygen atoms in total. The van der Waals surface area contributed by atoms with Crippen molar-refractivity contribution < 1.29 is 51.8 Å². The van der Waals surface area contributed by atoms with Gasteiger partial charge in [-0.1, -0.05) is 18.2 Å². The molecule has 0 saturated carbocycles. The third-order valence-electron chi connectivity index (χ3n) is 2.13. The molecule has 0 bridgehead atoms. The van der Waals surface area contributed by atoms with Crippen LogP contribution in [0.25, 0.3) is 10.8 Å². The summed E-state index contributed by atoms with van der Waals surface area (Å²) in [5.74, 6) is 0. The third-order valence-corrected chi connectivity index (χ3v) is 3.03. The second-order valence-electron chi connectivity index (χ2n) is 3.19. The van der Waals surface area contributed by atoms with Crippen molar-refractivity contribution in [2.45, 2.75) is 4.90 Å². The fourth-order valence-electron chi connectivity index (χ4n) is 1.49. The van der Waals surface area contributed by atoms with E-state index in [1.807, 2.05) is 0 Å². The maximum absolute atomic E-state index is 10.9.